The molecule has 5 heterocycles. The van der Waals surface area contributed by atoms with Crippen LogP contribution in [-0.2, 0) is 18.2 Å². The highest BCUT2D eigenvalue weighted by Crippen LogP contribution is 2.40. The van der Waals surface area contributed by atoms with E-state index in [0.717, 1.165) is 65.4 Å². The lowest BCUT2D eigenvalue weighted by Crippen LogP contribution is -2.53. The first kappa shape index (κ1) is 22.2. The Labute approximate surface area is 204 Å². The zero-order valence-corrected chi connectivity index (χ0v) is 20.9. The number of anilines is 3. The van der Waals surface area contributed by atoms with E-state index in [2.05, 4.69) is 27.6 Å². The summed E-state index contributed by atoms with van der Waals surface area (Å²) in [6, 6.07) is 1.14. The van der Waals surface area contributed by atoms with Crippen LogP contribution >= 0.6 is 11.3 Å². The van der Waals surface area contributed by atoms with Crippen LogP contribution in [0.4, 0.5) is 17.5 Å². The molecule has 3 aromatic rings. The van der Waals surface area contributed by atoms with Gasteiger partial charge in [0.1, 0.15) is 5.52 Å². The molecule has 2 aliphatic heterocycles. The van der Waals surface area contributed by atoms with Gasteiger partial charge in [-0.05, 0) is 58.0 Å². The predicted molar refractivity (Wildman–Crippen MR) is 135 cm³/mol. The van der Waals surface area contributed by atoms with Crippen LogP contribution in [0, 0.1) is 5.41 Å². The minimum atomic E-state index is 0.420. The third-order valence-electron chi connectivity index (χ3n) is 7.80. The molecule has 2 N–H and O–H groups in total. The fourth-order valence-electron chi connectivity index (χ4n) is 5.61. The summed E-state index contributed by atoms with van der Waals surface area (Å²) < 4.78 is 7.26. The van der Waals surface area contributed by atoms with Crippen molar-refractivity contribution in [1.82, 2.24) is 29.6 Å². The van der Waals surface area contributed by atoms with Crippen LogP contribution in [0.15, 0.2) is 12.4 Å². The monoisotopic (exact) mass is 482 g/mol. The molecule has 3 fully saturated rings. The first-order valence-corrected chi connectivity index (χ1v) is 13.4. The van der Waals surface area contributed by atoms with Crippen molar-refractivity contribution in [3.05, 3.63) is 17.4 Å². The maximum atomic E-state index is 5.50. The van der Waals surface area contributed by atoms with E-state index in [4.69, 9.17) is 19.7 Å². The number of thiazole rings is 1. The molecule has 0 atom stereocenters. The van der Waals surface area contributed by atoms with Gasteiger partial charge >= 0.3 is 0 Å². The Bertz CT molecular complexity index is 1140. The molecule has 0 unspecified atom stereocenters. The Hall–Kier alpha value is -2.30. The van der Waals surface area contributed by atoms with Crippen molar-refractivity contribution in [2.75, 3.05) is 36.9 Å². The molecule has 6 rings (SSSR count). The summed E-state index contributed by atoms with van der Waals surface area (Å²) in [6.45, 7) is 6.58. The third-order valence-corrected chi connectivity index (χ3v) is 8.89. The molecule has 3 aliphatic rings. The lowest BCUT2D eigenvalue weighted by atomic mass is 9.76. The van der Waals surface area contributed by atoms with Crippen molar-refractivity contribution >= 4 is 39.1 Å². The van der Waals surface area contributed by atoms with E-state index >= 15 is 0 Å². The van der Waals surface area contributed by atoms with Gasteiger partial charge in [-0.1, -0.05) is 18.3 Å². The van der Waals surface area contributed by atoms with E-state index in [1.54, 1.807) is 22.2 Å². The fraction of sp³-hybridized carbons (Fsp3) is 0.667. The molecule has 1 aliphatic carbocycles. The summed E-state index contributed by atoms with van der Waals surface area (Å²) in [4.78, 5) is 18.1. The molecule has 3 aromatic heterocycles. The Morgan fingerprint density at radius 2 is 1.91 bits per heavy atom. The zero-order valence-electron chi connectivity index (χ0n) is 20.1. The van der Waals surface area contributed by atoms with Gasteiger partial charge in [-0.25, -0.2) is 4.98 Å². The number of hydrogen-bond donors (Lipinski definition) is 2. The van der Waals surface area contributed by atoms with E-state index in [9.17, 15) is 0 Å². The van der Waals surface area contributed by atoms with Crippen LogP contribution in [0.25, 0.3) is 10.3 Å². The molecule has 0 bridgehead atoms. The van der Waals surface area contributed by atoms with Gasteiger partial charge in [0.2, 0.25) is 5.95 Å². The van der Waals surface area contributed by atoms with Gasteiger partial charge in [0.15, 0.2) is 10.6 Å². The number of ether oxygens (including phenoxy) is 1. The highest BCUT2D eigenvalue weighted by atomic mass is 32.1. The number of piperidine rings is 1. The van der Waals surface area contributed by atoms with Gasteiger partial charge in [0, 0.05) is 30.7 Å². The Kier molecular flexibility index (Phi) is 5.90. The SMILES string of the molecule is CCc1nc2c(N[C@H]3CC[C@H](N4CCC5(CC4)COC5)CC3)nc(Nc3cnn(C)c3)nc2s1. The minimum Gasteiger partial charge on any atom is -0.380 e. The molecule has 10 heteroatoms. The number of likely N-dealkylation sites (tertiary alicyclic amines) is 1. The standard InChI is InChI=1S/C24H34N8OS/c1-3-19-28-20-21(29-23(30-22(20)34-19)27-17-12-25-31(2)13-17)26-16-4-6-18(7-5-16)32-10-8-24(9-11-32)14-33-15-24/h12-13,16,18H,3-11,14-15H2,1-2H3,(H2,26,27,29,30)/t16-,18-. The van der Waals surface area contributed by atoms with Crippen LogP contribution in [-0.4, -0.2) is 68.0 Å². The average Bonchev–Trinajstić information content (AvgIpc) is 3.44. The molecular weight excluding hydrogens is 448 g/mol. The fourth-order valence-corrected chi connectivity index (χ4v) is 6.49. The summed E-state index contributed by atoms with van der Waals surface area (Å²) in [7, 11) is 1.90. The summed E-state index contributed by atoms with van der Waals surface area (Å²) >= 11 is 1.65. The minimum absolute atomic E-state index is 0.420. The van der Waals surface area contributed by atoms with Crippen molar-refractivity contribution in [2.45, 2.75) is 64.0 Å². The number of rotatable bonds is 6. The molecule has 2 saturated heterocycles. The van der Waals surface area contributed by atoms with E-state index in [-0.39, 0.29) is 0 Å². The zero-order chi connectivity index (χ0) is 23.1. The van der Waals surface area contributed by atoms with Crippen molar-refractivity contribution in [3.8, 4) is 0 Å². The van der Waals surface area contributed by atoms with E-state index in [1.807, 2.05) is 13.2 Å². The Morgan fingerprint density at radius 1 is 1.12 bits per heavy atom. The first-order valence-electron chi connectivity index (χ1n) is 12.6. The third kappa shape index (κ3) is 4.38. The van der Waals surface area contributed by atoms with Gasteiger partial charge < -0.3 is 20.3 Å². The van der Waals surface area contributed by atoms with Gasteiger partial charge in [-0.15, -0.1) is 0 Å². The topological polar surface area (TPSA) is 93.0 Å². The number of aryl methyl sites for hydroxylation is 2. The number of nitrogens with zero attached hydrogens (tertiary/aromatic N) is 6. The van der Waals surface area contributed by atoms with Crippen molar-refractivity contribution in [1.29, 1.82) is 0 Å². The molecule has 0 radical (unpaired) electrons. The second-order valence-electron chi connectivity index (χ2n) is 10.2. The van der Waals surface area contributed by atoms with E-state index in [1.165, 1.54) is 38.8 Å². The number of aromatic nitrogens is 5. The highest BCUT2D eigenvalue weighted by Gasteiger charge is 2.42. The van der Waals surface area contributed by atoms with Crippen LogP contribution in [0.2, 0.25) is 0 Å². The maximum absolute atomic E-state index is 5.50. The molecule has 182 valence electrons. The average molecular weight is 483 g/mol. The maximum Gasteiger partial charge on any atom is 0.230 e. The largest absolute Gasteiger partial charge is 0.380 e. The number of nitrogens with one attached hydrogen (secondary N) is 2. The van der Waals surface area contributed by atoms with Crippen molar-refractivity contribution in [3.63, 3.8) is 0 Å². The van der Waals surface area contributed by atoms with Crippen LogP contribution in [0.5, 0.6) is 0 Å². The second-order valence-corrected chi connectivity index (χ2v) is 11.3. The van der Waals surface area contributed by atoms with Crippen molar-refractivity contribution < 1.29 is 4.74 Å². The van der Waals surface area contributed by atoms with Crippen molar-refractivity contribution in [2.24, 2.45) is 12.5 Å². The summed E-state index contributed by atoms with van der Waals surface area (Å²) in [6.07, 6.45) is 12.0. The highest BCUT2D eigenvalue weighted by molar-refractivity contribution is 7.18. The van der Waals surface area contributed by atoms with Gasteiger partial charge in [-0.3, -0.25) is 4.68 Å². The smallest absolute Gasteiger partial charge is 0.230 e. The number of hydrogen-bond acceptors (Lipinski definition) is 9. The quantitative estimate of drug-likeness (QED) is 0.545. The normalized spacial score (nSPS) is 24.9. The lowest BCUT2D eigenvalue weighted by Gasteiger charge is -2.49. The van der Waals surface area contributed by atoms with Crippen LogP contribution in [0.3, 0.4) is 0 Å². The van der Waals surface area contributed by atoms with Crippen LogP contribution in [0.1, 0.15) is 50.5 Å². The van der Waals surface area contributed by atoms with E-state index in [0.29, 0.717) is 17.4 Å². The predicted octanol–water partition coefficient (Wildman–Crippen LogP) is 3.96. The second kappa shape index (κ2) is 9.05. The molecule has 1 spiro atoms. The lowest BCUT2D eigenvalue weighted by molar-refractivity contribution is -0.143. The summed E-state index contributed by atoms with van der Waals surface area (Å²) in [5.41, 5.74) is 2.29. The van der Waals surface area contributed by atoms with Gasteiger partial charge in [0.05, 0.1) is 30.1 Å². The summed E-state index contributed by atoms with van der Waals surface area (Å²) in [5, 5.41) is 12.4. The molecule has 1 saturated carbocycles. The summed E-state index contributed by atoms with van der Waals surface area (Å²) in [5.74, 6) is 1.44. The molecular formula is C24H34N8OS. The Morgan fingerprint density at radius 3 is 2.56 bits per heavy atom. The number of fused-ring (bicyclic) bond motifs is 1. The molecule has 0 amide bonds. The van der Waals surface area contributed by atoms with Gasteiger partial charge in [-0.2, -0.15) is 15.1 Å². The Balaban J connectivity index is 1.13. The van der Waals surface area contributed by atoms with E-state index < -0.39 is 0 Å². The molecule has 0 aromatic carbocycles. The molecule has 34 heavy (non-hydrogen) atoms. The molecule has 9 nitrogen and oxygen atoms in total. The van der Waals surface area contributed by atoms with Gasteiger partial charge in [0.25, 0.3) is 0 Å². The van der Waals surface area contributed by atoms with Crippen LogP contribution < -0.4 is 10.6 Å². The first-order chi connectivity index (χ1) is 16.6.